The van der Waals surface area contributed by atoms with Crippen LogP contribution in [-0.4, -0.2) is 16.7 Å². The predicted molar refractivity (Wildman–Crippen MR) is 117 cm³/mol. The maximum atomic E-state index is 12.2. The molecule has 3 aromatic carbocycles. The minimum atomic E-state index is -0.239. The Morgan fingerprint density at radius 3 is 2.46 bits per heavy atom. The van der Waals surface area contributed by atoms with Crippen molar-refractivity contribution in [2.75, 3.05) is 0 Å². The fourth-order valence-electron chi connectivity index (χ4n) is 3.12. The van der Waals surface area contributed by atoms with Crippen molar-refractivity contribution < 1.29 is 4.79 Å². The molecule has 0 spiro atoms. The third kappa shape index (κ3) is 4.05. The molecule has 0 aliphatic rings. The minimum absolute atomic E-state index is 0.239. The highest BCUT2D eigenvalue weighted by molar-refractivity contribution is 9.10. The van der Waals surface area contributed by atoms with Crippen molar-refractivity contribution >= 4 is 39.0 Å². The number of aromatic nitrogens is 1. The Morgan fingerprint density at radius 1 is 0.964 bits per heavy atom. The molecule has 0 atom stereocenters. The number of rotatable bonds is 5. The molecule has 4 rings (SSSR count). The summed E-state index contributed by atoms with van der Waals surface area (Å²) in [6.45, 7) is 0.778. The van der Waals surface area contributed by atoms with Crippen molar-refractivity contribution in [3.05, 3.63) is 106 Å². The van der Waals surface area contributed by atoms with Gasteiger partial charge in [-0.3, -0.25) is 4.79 Å². The highest BCUT2D eigenvalue weighted by Crippen LogP contribution is 2.21. The van der Waals surface area contributed by atoms with Gasteiger partial charge in [-0.15, -0.1) is 0 Å². The lowest BCUT2D eigenvalue weighted by Crippen LogP contribution is -2.17. The number of hydrazone groups is 1. The molecule has 138 valence electrons. The van der Waals surface area contributed by atoms with Gasteiger partial charge in [0.25, 0.3) is 5.91 Å². The second kappa shape index (κ2) is 8.23. The normalized spacial score (nSPS) is 11.2. The van der Waals surface area contributed by atoms with Gasteiger partial charge in [0.1, 0.15) is 0 Å². The predicted octanol–water partition coefficient (Wildman–Crippen LogP) is 5.22. The molecule has 4 aromatic rings. The molecular formula is C23H18BrN3O. The Bertz CT molecular complexity index is 1130. The molecule has 1 aromatic heterocycles. The lowest BCUT2D eigenvalue weighted by Gasteiger charge is -2.05. The van der Waals surface area contributed by atoms with E-state index in [2.05, 4.69) is 61.5 Å². The van der Waals surface area contributed by atoms with Crippen LogP contribution in [0.25, 0.3) is 10.9 Å². The number of carbonyl (C=O) groups excluding carboxylic acids is 1. The van der Waals surface area contributed by atoms with Gasteiger partial charge in [0, 0.05) is 39.2 Å². The van der Waals surface area contributed by atoms with E-state index in [0.717, 1.165) is 27.5 Å². The molecule has 0 bridgehead atoms. The summed E-state index contributed by atoms with van der Waals surface area (Å²) in [5.74, 6) is -0.239. The first kappa shape index (κ1) is 18.2. The largest absolute Gasteiger partial charge is 0.342 e. The van der Waals surface area contributed by atoms with E-state index >= 15 is 0 Å². The monoisotopic (exact) mass is 431 g/mol. The van der Waals surface area contributed by atoms with E-state index < -0.39 is 0 Å². The Hall–Kier alpha value is -3.18. The van der Waals surface area contributed by atoms with Crippen LogP contribution in [0, 0.1) is 0 Å². The zero-order chi connectivity index (χ0) is 19.3. The number of benzene rings is 3. The Balaban J connectivity index is 1.56. The van der Waals surface area contributed by atoms with Gasteiger partial charge < -0.3 is 4.57 Å². The number of carbonyl (C=O) groups is 1. The number of fused-ring (bicyclic) bond motifs is 1. The molecule has 0 fully saturated rings. The molecule has 1 N–H and O–H groups in total. The van der Waals surface area contributed by atoms with Gasteiger partial charge in [0.15, 0.2) is 0 Å². The average molecular weight is 432 g/mol. The number of amides is 1. The smallest absolute Gasteiger partial charge is 0.271 e. The lowest BCUT2D eigenvalue weighted by atomic mass is 10.2. The third-order valence-corrected chi connectivity index (χ3v) is 5.02. The Labute approximate surface area is 171 Å². The minimum Gasteiger partial charge on any atom is -0.342 e. The average Bonchev–Trinajstić information content (AvgIpc) is 3.07. The summed E-state index contributed by atoms with van der Waals surface area (Å²) >= 11 is 3.36. The van der Waals surface area contributed by atoms with Gasteiger partial charge in [-0.25, -0.2) is 5.43 Å². The van der Waals surface area contributed by atoms with Crippen molar-refractivity contribution in [1.82, 2.24) is 9.99 Å². The summed E-state index contributed by atoms with van der Waals surface area (Å²) in [7, 11) is 0. The van der Waals surface area contributed by atoms with Crippen LogP contribution < -0.4 is 5.43 Å². The molecular weight excluding hydrogens is 414 g/mol. The van der Waals surface area contributed by atoms with Crippen LogP contribution in [0.15, 0.2) is 94.6 Å². The van der Waals surface area contributed by atoms with E-state index in [1.165, 1.54) is 5.56 Å². The summed E-state index contributed by atoms with van der Waals surface area (Å²) in [5.41, 5.74) is 6.48. The zero-order valence-electron chi connectivity index (χ0n) is 15.0. The fraction of sp³-hybridized carbons (Fsp3) is 0.0435. The number of para-hydroxylation sites is 1. The maximum absolute atomic E-state index is 12.2. The Morgan fingerprint density at radius 2 is 1.68 bits per heavy atom. The van der Waals surface area contributed by atoms with Crippen molar-refractivity contribution in [3.8, 4) is 0 Å². The van der Waals surface area contributed by atoms with Crippen LogP contribution in [0.1, 0.15) is 21.5 Å². The molecule has 28 heavy (non-hydrogen) atoms. The SMILES string of the molecule is O=C(N/N=C/c1cn(Cc2ccccc2)c2ccccc12)c1ccc(Br)cc1. The summed E-state index contributed by atoms with van der Waals surface area (Å²) < 4.78 is 3.13. The second-order valence-corrected chi connectivity index (χ2v) is 7.34. The molecule has 1 amide bonds. The molecule has 0 unspecified atom stereocenters. The van der Waals surface area contributed by atoms with Crippen LogP contribution >= 0.6 is 15.9 Å². The number of hydrogen-bond acceptors (Lipinski definition) is 2. The first-order valence-electron chi connectivity index (χ1n) is 8.91. The number of hydrogen-bond donors (Lipinski definition) is 1. The fourth-order valence-corrected chi connectivity index (χ4v) is 3.38. The summed E-state index contributed by atoms with van der Waals surface area (Å²) in [4.78, 5) is 12.2. The first-order chi connectivity index (χ1) is 13.7. The van der Waals surface area contributed by atoms with Gasteiger partial charge >= 0.3 is 0 Å². The second-order valence-electron chi connectivity index (χ2n) is 6.42. The molecule has 0 aliphatic carbocycles. The van der Waals surface area contributed by atoms with Gasteiger partial charge in [-0.2, -0.15) is 5.10 Å². The molecule has 1 heterocycles. The van der Waals surface area contributed by atoms with Crippen LogP contribution in [0.4, 0.5) is 0 Å². The van der Waals surface area contributed by atoms with Crippen LogP contribution in [0.3, 0.4) is 0 Å². The third-order valence-electron chi connectivity index (χ3n) is 4.49. The standard InChI is InChI=1S/C23H18BrN3O/c24-20-12-10-18(11-13-20)23(28)26-25-14-19-16-27(15-17-6-2-1-3-7-17)22-9-5-4-8-21(19)22/h1-14,16H,15H2,(H,26,28)/b25-14+. The summed E-state index contributed by atoms with van der Waals surface area (Å²) in [6, 6.07) is 25.7. The highest BCUT2D eigenvalue weighted by Gasteiger charge is 2.08. The van der Waals surface area contributed by atoms with Crippen LogP contribution in [0.2, 0.25) is 0 Å². The molecule has 0 saturated heterocycles. The van der Waals surface area contributed by atoms with Crippen LogP contribution in [-0.2, 0) is 6.54 Å². The van der Waals surface area contributed by atoms with E-state index in [-0.39, 0.29) is 5.91 Å². The lowest BCUT2D eigenvalue weighted by molar-refractivity contribution is 0.0955. The van der Waals surface area contributed by atoms with E-state index in [0.29, 0.717) is 5.56 Å². The van der Waals surface area contributed by atoms with Crippen molar-refractivity contribution in [1.29, 1.82) is 0 Å². The van der Waals surface area contributed by atoms with Crippen LogP contribution in [0.5, 0.6) is 0 Å². The quantitative estimate of drug-likeness (QED) is 0.341. The topological polar surface area (TPSA) is 46.4 Å². The zero-order valence-corrected chi connectivity index (χ0v) is 16.6. The molecule has 0 saturated carbocycles. The van der Waals surface area contributed by atoms with E-state index in [1.807, 2.05) is 42.5 Å². The molecule has 0 radical (unpaired) electrons. The van der Waals surface area contributed by atoms with Gasteiger partial charge in [-0.1, -0.05) is 64.5 Å². The van der Waals surface area contributed by atoms with Gasteiger partial charge in [0.2, 0.25) is 0 Å². The van der Waals surface area contributed by atoms with Gasteiger partial charge in [-0.05, 0) is 35.9 Å². The number of nitrogens with one attached hydrogen (secondary N) is 1. The summed E-state index contributed by atoms with van der Waals surface area (Å²) in [6.07, 6.45) is 3.76. The molecule has 5 heteroatoms. The van der Waals surface area contributed by atoms with Crippen molar-refractivity contribution in [2.24, 2.45) is 5.10 Å². The summed E-state index contributed by atoms with van der Waals surface area (Å²) in [5, 5.41) is 5.26. The van der Waals surface area contributed by atoms with E-state index in [1.54, 1.807) is 18.3 Å². The highest BCUT2D eigenvalue weighted by atomic mass is 79.9. The molecule has 0 aliphatic heterocycles. The van der Waals surface area contributed by atoms with E-state index in [9.17, 15) is 4.79 Å². The number of nitrogens with zero attached hydrogens (tertiary/aromatic N) is 2. The maximum Gasteiger partial charge on any atom is 0.271 e. The Kier molecular flexibility index (Phi) is 5.35. The van der Waals surface area contributed by atoms with Gasteiger partial charge in [0.05, 0.1) is 6.21 Å². The number of halogens is 1. The van der Waals surface area contributed by atoms with Crippen molar-refractivity contribution in [2.45, 2.75) is 6.54 Å². The van der Waals surface area contributed by atoms with E-state index in [4.69, 9.17) is 0 Å². The van der Waals surface area contributed by atoms with Crippen molar-refractivity contribution in [3.63, 3.8) is 0 Å². The first-order valence-corrected chi connectivity index (χ1v) is 9.71. The molecule has 4 nitrogen and oxygen atoms in total.